The number of hydrogen-bond acceptors (Lipinski definition) is 1. The summed E-state index contributed by atoms with van der Waals surface area (Å²) in [4.78, 5) is 0. The molecule has 0 saturated carbocycles. The van der Waals surface area contributed by atoms with Crippen LogP contribution in [-0.2, 0) is 17.8 Å². The molecule has 0 spiro atoms. The summed E-state index contributed by atoms with van der Waals surface area (Å²) in [6.07, 6.45) is 3.57. The van der Waals surface area contributed by atoms with E-state index in [4.69, 9.17) is 4.74 Å². The highest BCUT2D eigenvalue weighted by Crippen LogP contribution is 2.37. The van der Waals surface area contributed by atoms with Crippen LogP contribution in [0.4, 0.5) is 0 Å². The normalized spacial score (nSPS) is 20.6. The van der Waals surface area contributed by atoms with Gasteiger partial charge in [0.1, 0.15) is 18.4 Å². The van der Waals surface area contributed by atoms with Gasteiger partial charge in [0.05, 0.1) is 0 Å². The number of fused-ring (bicyclic) bond motifs is 5. The molecule has 1 aliphatic heterocycles. The highest BCUT2D eigenvalue weighted by molar-refractivity contribution is 5.50. The maximum absolute atomic E-state index is 6.29. The van der Waals surface area contributed by atoms with E-state index in [1.165, 1.54) is 44.9 Å². The number of ether oxygens (including phenoxy) is 1. The average Bonchev–Trinajstić information content (AvgIpc) is 3.12. The van der Waals surface area contributed by atoms with Crippen molar-refractivity contribution in [1.29, 1.82) is 0 Å². The van der Waals surface area contributed by atoms with Crippen molar-refractivity contribution in [3.8, 4) is 5.69 Å². The molecule has 0 bridgehead atoms. The fourth-order valence-corrected chi connectivity index (χ4v) is 5.01. The lowest BCUT2D eigenvalue weighted by Crippen LogP contribution is -2.51. The van der Waals surface area contributed by atoms with Gasteiger partial charge in [-0.05, 0) is 37.5 Å². The Kier molecular flexibility index (Phi) is 3.38. The fraction of sp³-hybridized carbons (Fsp3) is 0.348. The van der Waals surface area contributed by atoms with Gasteiger partial charge in [0.15, 0.2) is 17.4 Å². The van der Waals surface area contributed by atoms with E-state index in [-0.39, 0.29) is 6.10 Å². The monoisotopic (exact) mass is 345 g/mol. The van der Waals surface area contributed by atoms with Gasteiger partial charge < -0.3 is 4.74 Å². The summed E-state index contributed by atoms with van der Waals surface area (Å²) in [5.41, 5.74) is 10.7. The molecule has 2 unspecified atom stereocenters. The largest absolute Gasteiger partial charge is 0.364 e. The van der Waals surface area contributed by atoms with Crippen LogP contribution in [0, 0.1) is 27.7 Å². The zero-order chi connectivity index (χ0) is 18.0. The Morgan fingerprint density at radius 1 is 1.04 bits per heavy atom. The molecule has 26 heavy (non-hydrogen) atoms. The molecular weight excluding hydrogens is 320 g/mol. The summed E-state index contributed by atoms with van der Waals surface area (Å²) in [6.45, 7) is 9.50. The second-order valence-electron chi connectivity index (χ2n) is 7.87. The predicted molar refractivity (Wildman–Crippen MR) is 102 cm³/mol. The minimum Gasteiger partial charge on any atom is -0.364 e. The van der Waals surface area contributed by atoms with E-state index >= 15 is 0 Å². The number of nitrogens with zero attached hydrogens (tertiary/aromatic N) is 2. The molecule has 0 amide bonds. The first-order valence-corrected chi connectivity index (χ1v) is 9.44. The van der Waals surface area contributed by atoms with Crippen LogP contribution >= 0.6 is 0 Å². The van der Waals surface area contributed by atoms with Crippen LogP contribution in [0.15, 0.2) is 42.7 Å². The molecule has 5 rings (SSSR count). The molecule has 2 atom stereocenters. The van der Waals surface area contributed by atoms with Gasteiger partial charge in [-0.15, -0.1) is 0 Å². The molecule has 132 valence electrons. The van der Waals surface area contributed by atoms with Gasteiger partial charge >= 0.3 is 0 Å². The maximum atomic E-state index is 6.29. The summed E-state index contributed by atoms with van der Waals surface area (Å²) >= 11 is 0. The third kappa shape index (κ3) is 2.13. The van der Waals surface area contributed by atoms with Crippen molar-refractivity contribution in [2.24, 2.45) is 0 Å². The smallest absolute Gasteiger partial charge is 0.250 e. The molecule has 2 aliphatic rings. The van der Waals surface area contributed by atoms with Crippen LogP contribution < -0.4 is 4.57 Å². The van der Waals surface area contributed by atoms with Gasteiger partial charge in [0.2, 0.25) is 6.33 Å². The standard InChI is InChI=1S/C23H25N2O/c1-14-9-15(2)22(16(3)10-14)24-13-25-20(17(24)4)12-26-21-11-18-7-5-6-8-19(18)23(21)25/h5-10,13,21,23H,11-12H2,1-4H3/q+1. The summed E-state index contributed by atoms with van der Waals surface area (Å²) in [7, 11) is 0. The molecule has 2 heterocycles. The Bertz CT molecular complexity index is 1010. The lowest BCUT2D eigenvalue weighted by atomic mass is 10.0. The Morgan fingerprint density at radius 2 is 1.77 bits per heavy atom. The fourth-order valence-electron chi connectivity index (χ4n) is 5.01. The van der Waals surface area contributed by atoms with Gasteiger partial charge in [0, 0.05) is 18.9 Å². The lowest BCUT2D eigenvalue weighted by Gasteiger charge is -2.24. The topological polar surface area (TPSA) is 18.0 Å². The number of benzene rings is 2. The quantitative estimate of drug-likeness (QED) is 0.609. The minimum atomic E-state index is 0.250. The summed E-state index contributed by atoms with van der Waals surface area (Å²) in [5, 5.41) is 0. The first kappa shape index (κ1) is 15.8. The zero-order valence-electron chi connectivity index (χ0n) is 15.9. The minimum absolute atomic E-state index is 0.250. The first-order valence-electron chi connectivity index (χ1n) is 9.44. The molecular formula is C23H25N2O+. The molecule has 0 N–H and O–H groups in total. The van der Waals surface area contributed by atoms with Gasteiger partial charge in [-0.2, -0.15) is 4.57 Å². The summed E-state index contributed by atoms with van der Waals surface area (Å²) in [5.74, 6) is 0. The van der Waals surface area contributed by atoms with Crippen LogP contribution in [0.5, 0.6) is 0 Å². The molecule has 0 saturated heterocycles. The highest BCUT2D eigenvalue weighted by atomic mass is 16.5. The van der Waals surface area contributed by atoms with E-state index in [1.807, 2.05) is 0 Å². The molecule has 3 heteroatoms. The molecule has 1 aromatic heterocycles. The molecule has 2 aromatic carbocycles. The van der Waals surface area contributed by atoms with Gasteiger partial charge in [-0.3, -0.25) is 0 Å². The molecule has 0 fully saturated rings. The van der Waals surface area contributed by atoms with Gasteiger partial charge in [-0.25, -0.2) is 4.57 Å². The predicted octanol–water partition coefficient (Wildman–Crippen LogP) is 4.04. The Labute approximate surface area is 154 Å². The van der Waals surface area contributed by atoms with Crippen LogP contribution in [0.25, 0.3) is 5.69 Å². The van der Waals surface area contributed by atoms with Crippen molar-refractivity contribution in [2.45, 2.75) is 52.9 Å². The van der Waals surface area contributed by atoms with E-state index in [0.29, 0.717) is 12.6 Å². The summed E-state index contributed by atoms with van der Waals surface area (Å²) in [6, 6.07) is 13.6. The van der Waals surface area contributed by atoms with Gasteiger partial charge in [0.25, 0.3) is 0 Å². The van der Waals surface area contributed by atoms with Crippen LogP contribution in [0.1, 0.15) is 45.2 Å². The van der Waals surface area contributed by atoms with E-state index in [0.717, 1.165) is 6.42 Å². The van der Waals surface area contributed by atoms with Crippen LogP contribution in [0.3, 0.4) is 0 Å². The number of aromatic nitrogens is 2. The van der Waals surface area contributed by atoms with E-state index < -0.39 is 0 Å². The van der Waals surface area contributed by atoms with Crippen molar-refractivity contribution < 1.29 is 9.30 Å². The summed E-state index contributed by atoms with van der Waals surface area (Å²) < 4.78 is 11.1. The second-order valence-corrected chi connectivity index (χ2v) is 7.87. The van der Waals surface area contributed by atoms with Crippen molar-refractivity contribution in [3.05, 3.63) is 81.9 Å². The van der Waals surface area contributed by atoms with E-state index in [1.54, 1.807) is 0 Å². The average molecular weight is 345 g/mol. The SMILES string of the molecule is Cc1cc(C)c(-n2c[n+]3c(c2C)COC2Cc4ccccc4C23)c(C)c1. The molecule has 1 aliphatic carbocycles. The Hall–Kier alpha value is -2.39. The van der Waals surface area contributed by atoms with Crippen molar-refractivity contribution in [1.82, 2.24) is 4.57 Å². The number of rotatable bonds is 1. The maximum Gasteiger partial charge on any atom is 0.250 e. The Balaban J connectivity index is 1.70. The number of aryl methyl sites for hydroxylation is 3. The molecule has 0 radical (unpaired) electrons. The zero-order valence-corrected chi connectivity index (χ0v) is 15.9. The van der Waals surface area contributed by atoms with E-state index in [9.17, 15) is 0 Å². The highest BCUT2D eigenvalue weighted by Gasteiger charge is 2.44. The second kappa shape index (κ2) is 5.55. The van der Waals surface area contributed by atoms with Crippen LogP contribution in [-0.4, -0.2) is 10.7 Å². The van der Waals surface area contributed by atoms with Crippen molar-refractivity contribution in [2.75, 3.05) is 0 Å². The van der Waals surface area contributed by atoms with Crippen molar-refractivity contribution >= 4 is 0 Å². The lowest BCUT2D eigenvalue weighted by molar-refractivity contribution is -0.738. The number of hydrogen-bond donors (Lipinski definition) is 0. The van der Waals surface area contributed by atoms with Crippen LogP contribution in [0.2, 0.25) is 0 Å². The molecule has 3 nitrogen and oxygen atoms in total. The van der Waals surface area contributed by atoms with E-state index in [2.05, 4.69) is 79.6 Å². The molecule has 3 aromatic rings. The van der Waals surface area contributed by atoms with Crippen molar-refractivity contribution in [3.63, 3.8) is 0 Å². The van der Waals surface area contributed by atoms with Gasteiger partial charge in [-0.1, -0.05) is 42.0 Å². The first-order chi connectivity index (χ1) is 12.5. The third-order valence-corrected chi connectivity index (χ3v) is 6.09. The third-order valence-electron chi connectivity index (χ3n) is 6.09. The Morgan fingerprint density at radius 3 is 2.54 bits per heavy atom. The number of imidazole rings is 1.